The predicted molar refractivity (Wildman–Crippen MR) is 56.7 cm³/mol. The van der Waals surface area contributed by atoms with Crippen LogP contribution in [0.15, 0.2) is 24.4 Å². The van der Waals surface area contributed by atoms with Gasteiger partial charge in [0.05, 0.1) is 17.7 Å². The molecule has 0 saturated heterocycles. The average Bonchev–Trinajstić information content (AvgIpc) is 2.57. The first-order chi connectivity index (χ1) is 7.20. The molecule has 1 aromatic carbocycles. The number of hydrogen-bond donors (Lipinski definition) is 0. The maximum absolute atomic E-state index is 11.4. The molecular weight excluding hydrogens is 192 g/mol. The Morgan fingerprint density at radius 1 is 1.53 bits per heavy atom. The Hall–Kier alpha value is -1.84. The van der Waals surface area contributed by atoms with E-state index in [1.807, 2.05) is 19.3 Å². The summed E-state index contributed by atoms with van der Waals surface area (Å²) in [5.41, 5.74) is 1.35. The van der Waals surface area contributed by atoms with Crippen molar-refractivity contribution in [2.45, 2.75) is 6.92 Å². The fraction of sp³-hybridized carbons (Fsp3) is 0.273. The number of aromatic nitrogens is 2. The minimum atomic E-state index is -0.301. The van der Waals surface area contributed by atoms with Gasteiger partial charge in [0, 0.05) is 18.6 Å². The van der Waals surface area contributed by atoms with Crippen LogP contribution in [0.5, 0.6) is 0 Å². The van der Waals surface area contributed by atoms with Gasteiger partial charge in [0.2, 0.25) is 0 Å². The quantitative estimate of drug-likeness (QED) is 0.700. The van der Waals surface area contributed by atoms with Crippen molar-refractivity contribution in [3.05, 3.63) is 30.0 Å². The maximum atomic E-state index is 11.4. The Morgan fingerprint density at radius 2 is 2.33 bits per heavy atom. The molecule has 0 saturated carbocycles. The summed E-state index contributed by atoms with van der Waals surface area (Å²) in [6, 6.07) is 5.36. The molecule has 4 heteroatoms. The van der Waals surface area contributed by atoms with Crippen molar-refractivity contribution in [2.24, 2.45) is 7.05 Å². The number of rotatable bonds is 2. The molecule has 0 radical (unpaired) electrons. The second-order valence-corrected chi connectivity index (χ2v) is 3.30. The molecule has 1 aromatic heterocycles. The fourth-order valence-electron chi connectivity index (χ4n) is 1.48. The Labute approximate surface area is 87.5 Å². The minimum Gasteiger partial charge on any atom is -0.462 e. The Bertz CT molecular complexity index is 502. The van der Waals surface area contributed by atoms with E-state index in [9.17, 15) is 4.79 Å². The van der Waals surface area contributed by atoms with Gasteiger partial charge in [-0.05, 0) is 19.1 Å². The number of hydrogen-bond acceptors (Lipinski definition) is 3. The first kappa shape index (κ1) is 9.71. The van der Waals surface area contributed by atoms with Gasteiger partial charge < -0.3 is 4.74 Å². The number of carbonyl (C=O) groups excluding carboxylic acids is 1. The van der Waals surface area contributed by atoms with Crippen molar-refractivity contribution in [2.75, 3.05) is 6.61 Å². The van der Waals surface area contributed by atoms with Crippen molar-refractivity contribution in [3.63, 3.8) is 0 Å². The summed E-state index contributed by atoms with van der Waals surface area (Å²) in [6.45, 7) is 2.18. The van der Waals surface area contributed by atoms with Gasteiger partial charge in [-0.1, -0.05) is 6.07 Å². The van der Waals surface area contributed by atoms with E-state index in [1.165, 1.54) is 0 Å². The predicted octanol–water partition coefficient (Wildman–Crippen LogP) is 1.75. The van der Waals surface area contributed by atoms with Crippen LogP contribution in [0.25, 0.3) is 10.9 Å². The molecule has 78 valence electrons. The second kappa shape index (κ2) is 3.73. The van der Waals surface area contributed by atoms with E-state index in [0.29, 0.717) is 12.2 Å². The van der Waals surface area contributed by atoms with Gasteiger partial charge in [0.25, 0.3) is 0 Å². The number of carbonyl (C=O) groups is 1. The van der Waals surface area contributed by atoms with Gasteiger partial charge >= 0.3 is 5.97 Å². The number of benzene rings is 1. The summed E-state index contributed by atoms with van der Waals surface area (Å²) in [6.07, 6.45) is 1.91. The number of fused-ring (bicyclic) bond motifs is 1. The van der Waals surface area contributed by atoms with Gasteiger partial charge in [-0.15, -0.1) is 0 Å². The van der Waals surface area contributed by atoms with Gasteiger partial charge in [-0.25, -0.2) is 4.79 Å². The molecule has 4 nitrogen and oxygen atoms in total. The zero-order valence-corrected chi connectivity index (χ0v) is 8.73. The van der Waals surface area contributed by atoms with E-state index in [0.717, 1.165) is 10.9 Å². The number of ether oxygens (including phenoxy) is 1. The van der Waals surface area contributed by atoms with Crippen molar-refractivity contribution in [3.8, 4) is 0 Å². The van der Waals surface area contributed by atoms with Crippen LogP contribution >= 0.6 is 0 Å². The first-order valence-electron chi connectivity index (χ1n) is 4.81. The molecule has 0 aliphatic heterocycles. The van der Waals surface area contributed by atoms with Crippen LogP contribution in [0.2, 0.25) is 0 Å². The van der Waals surface area contributed by atoms with Gasteiger partial charge in [-0.3, -0.25) is 4.68 Å². The third-order valence-electron chi connectivity index (χ3n) is 2.13. The summed E-state index contributed by atoms with van der Waals surface area (Å²) in [5.74, 6) is -0.301. The smallest absolute Gasteiger partial charge is 0.338 e. The molecule has 0 atom stereocenters. The van der Waals surface area contributed by atoms with Crippen molar-refractivity contribution < 1.29 is 9.53 Å². The first-order valence-corrected chi connectivity index (χ1v) is 4.81. The molecule has 0 aliphatic rings. The van der Waals surface area contributed by atoms with Crippen LogP contribution in [0.1, 0.15) is 17.3 Å². The number of esters is 1. The lowest BCUT2D eigenvalue weighted by molar-refractivity contribution is 0.0526. The van der Waals surface area contributed by atoms with E-state index in [1.54, 1.807) is 23.7 Å². The number of aryl methyl sites for hydroxylation is 1. The lowest BCUT2D eigenvalue weighted by Gasteiger charge is -2.00. The van der Waals surface area contributed by atoms with Crippen LogP contribution in [-0.4, -0.2) is 22.4 Å². The fourth-order valence-corrected chi connectivity index (χ4v) is 1.48. The molecule has 0 N–H and O–H groups in total. The summed E-state index contributed by atoms with van der Waals surface area (Å²) < 4.78 is 6.63. The highest BCUT2D eigenvalue weighted by atomic mass is 16.5. The Morgan fingerprint density at radius 3 is 3.07 bits per heavy atom. The largest absolute Gasteiger partial charge is 0.462 e. The lowest BCUT2D eigenvalue weighted by Crippen LogP contribution is -2.04. The molecule has 15 heavy (non-hydrogen) atoms. The van der Waals surface area contributed by atoms with E-state index in [-0.39, 0.29) is 5.97 Å². The van der Waals surface area contributed by atoms with Crippen LogP contribution in [0, 0.1) is 0 Å². The maximum Gasteiger partial charge on any atom is 0.338 e. The molecule has 0 spiro atoms. The highest BCUT2D eigenvalue weighted by Crippen LogP contribution is 2.14. The topological polar surface area (TPSA) is 44.1 Å². The molecule has 2 aromatic rings. The summed E-state index contributed by atoms with van der Waals surface area (Å²) in [4.78, 5) is 11.4. The van der Waals surface area contributed by atoms with Crippen molar-refractivity contribution in [1.29, 1.82) is 0 Å². The Kier molecular flexibility index (Phi) is 2.41. The molecule has 0 aliphatic carbocycles. The van der Waals surface area contributed by atoms with Crippen molar-refractivity contribution >= 4 is 16.9 Å². The summed E-state index contributed by atoms with van der Waals surface area (Å²) in [7, 11) is 1.85. The SMILES string of the molecule is CCOC(=O)c1ccc2cn(C)nc2c1. The Balaban J connectivity index is 2.41. The van der Waals surface area contributed by atoms with Crippen molar-refractivity contribution in [1.82, 2.24) is 9.78 Å². The zero-order valence-electron chi connectivity index (χ0n) is 8.73. The molecule has 2 rings (SSSR count). The normalized spacial score (nSPS) is 10.5. The van der Waals surface area contributed by atoms with Crippen LogP contribution in [0.4, 0.5) is 0 Å². The zero-order chi connectivity index (χ0) is 10.8. The standard InChI is InChI=1S/C11H12N2O2/c1-3-15-11(14)8-4-5-9-7-13(2)12-10(9)6-8/h4-7H,3H2,1-2H3. The summed E-state index contributed by atoms with van der Waals surface area (Å²) in [5, 5.41) is 5.24. The molecule has 0 fully saturated rings. The lowest BCUT2D eigenvalue weighted by atomic mass is 10.2. The van der Waals surface area contributed by atoms with E-state index < -0.39 is 0 Å². The average molecular weight is 204 g/mol. The third kappa shape index (κ3) is 1.83. The summed E-state index contributed by atoms with van der Waals surface area (Å²) >= 11 is 0. The molecule has 1 heterocycles. The second-order valence-electron chi connectivity index (χ2n) is 3.30. The van der Waals surface area contributed by atoms with Gasteiger partial charge in [0.15, 0.2) is 0 Å². The number of nitrogens with zero attached hydrogens (tertiary/aromatic N) is 2. The molecule has 0 amide bonds. The van der Waals surface area contributed by atoms with E-state index in [2.05, 4.69) is 5.10 Å². The minimum absolute atomic E-state index is 0.301. The van der Waals surface area contributed by atoms with Gasteiger partial charge in [0.1, 0.15) is 0 Å². The monoisotopic (exact) mass is 204 g/mol. The van der Waals surface area contributed by atoms with Crippen LogP contribution < -0.4 is 0 Å². The molecule has 0 unspecified atom stereocenters. The van der Waals surface area contributed by atoms with Crippen LogP contribution in [-0.2, 0) is 11.8 Å². The highest BCUT2D eigenvalue weighted by molar-refractivity contribution is 5.94. The molecular formula is C11H12N2O2. The van der Waals surface area contributed by atoms with Crippen LogP contribution in [0.3, 0.4) is 0 Å². The van der Waals surface area contributed by atoms with E-state index >= 15 is 0 Å². The molecule has 0 bridgehead atoms. The van der Waals surface area contributed by atoms with Gasteiger partial charge in [-0.2, -0.15) is 5.10 Å². The third-order valence-corrected chi connectivity index (χ3v) is 2.13. The van der Waals surface area contributed by atoms with E-state index in [4.69, 9.17) is 4.74 Å². The highest BCUT2D eigenvalue weighted by Gasteiger charge is 2.08.